The Morgan fingerprint density at radius 1 is 0.750 bits per heavy atom. The Morgan fingerprint density at radius 2 is 0.750 bits per heavy atom. The molecule has 4 heavy (non-hydrogen) atoms. The van der Waals surface area contributed by atoms with E-state index < -0.39 is 0 Å². The van der Waals surface area contributed by atoms with Crippen LogP contribution in [0.3, 0.4) is 0 Å². The second kappa shape index (κ2) is 28.0. The quantitative estimate of drug-likeness (QED) is 0.527. The van der Waals surface area contributed by atoms with Crippen molar-refractivity contribution in [3.8, 4) is 0 Å². The van der Waals surface area contributed by atoms with Gasteiger partial charge in [-0.1, -0.05) is 0 Å². The third-order valence-corrected chi connectivity index (χ3v) is 0. The van der Waals surface area contributed by atoms with Gasteiger partial charge in [0.15, 0.2) is 0 Å². The van der Waals surface area contributed by atoms with E-state index in [9.17, 15) is 0 Å². The minimum atomic E-state index is 0. The fourth-order valence-corrected chi connectivity index (χ4v) is 0. The predicted molar refractivity (Wildman–Crippen MR) is 1.37 cm³/mol. The molecule has 0 aromatic carbocycles. The summed E-state index contributed by atoms with van der Waals surface area (Å²) in [6.07, 6.45) is 0. The van der Waals surface area contributed by atoms with E-state index in [-0.39, 0.29) is 52.8 Å². The SMILES string of the molecule is [Ag+].[O-2].[O-2].[Rh+3]. The van der Waals surface area contributed by atoms with Gasteiger partial charge in [0.25, 0.3) is 0 Å². The summed E-state index contributed by atoms with van der Waals surface area (Å²) in [5.74, 6) is 0. The van der Waals surface area contributed by atoms with Gasteiger partial charge >= 0.3 is 41.9 Å². The first-order valence-electron chi connectivity index (χ1n) is 0. The molecule has 0 bridgehead atoms. The van der Waals surface area contributed by atoms with E-state index in [0.717, 1.165) is 0 Å². The van der Waals surface area contributed by atoms with Crippen LogP contribution < -0.4 is 0 Å². The summed E-state index contributed by atoms with van der Waals surface area (Å²) in [5, 5.41) is 0. The summed E-state index contributed by atoms with van der Waals surface area (Å²) in [6, 6.07) is 0. The molecule has 32 valence electrons. The number of hydrogen-bond donors (Lipinski definition) is 0. The van der Waals surface area contributed by atoms with Crippen LogP contribution in [0.25, 0.3) is 0 Å². The van der Waals surface area contributed by atoms with Crippen LogP contribution in [-0.4, -0.2) is 0 Å². The zero-order chi connectivity index (χ0) is 0. The van der Waals surface area contributed by atoms with E-state index >= 15 is 0 Å². The Balaban J connectivity index is 0. The third-order valence-electron chi connectivity index (χ3n) is 0. The van der Waals surface area contributed by atoms with Crippen LogP contribution in [0.15, 0.2) is 0 Å². The van der Waals surface area contributed by atoms with Crippen LogP contribution >= 0.6 is 0 Å². The van der Waals surface area contributed by atoms with Crippen molar-refractivity contribution in [2.24, 2.45) is 0 Å². The Bertz CT molecular complexity index is 6.00. The summed E-state index contributed by atoms with van der Waals surface area (Å²) in [6.45, 7) is 0. The van der Waals surface area contributed by atoms with Crippen LogP contribution in [0.2, 0.25) is 0 Å². The fraction of sp³-hybridized carbons (Fsp3) is 0. The van der Waals surface area contributed by atoms with Crippen molar-refractivity contribution in [2.45, 2.75) is 0 Å². The Morgan fingerprint density at radius 3 is 0.750 bits per heavy atom. The predicted octanol–water partition coefficient (Wildman–Crippen LogP) is -0.243. The zero-order valence-corrected chi connectivity index (χ0v) is 4.57. The molecule has 0 unspecified atom stereocenters. The smallest absolute Gasteiger partial charge is 2.00 e. The average molecular weight is 243 g/mol. The molecule has 0 aromatic heterocycles. The standard InChI is InChI=1S/Ag.2O.Rh/q+1;2*-2;+3. The van der Waals surface area contributed by atoms with E-state index in [0.29, 0.717) is 0 Å². The first kappa shape index (κ1) is 58.8. The van der Waals surface area contributed by atoms with Crippen LogP contribution in [0.5, 0.6) is 0 Å². The van der Waals surface area contributed by atoms with Gasteiger partial charge in [0, 0.05) is 0 Å². The van der Waals surface area contributed by atoms with Crippen LogP contribution in [0, 0.1) is 0 Å². The minimum Gasteiger partial charge on any atom is -2.00 e. The summed E-state index contributed by atoms with van der Waals surface area (Å²) >= 11 is 0. The van der Waals surface area contributed by atoms with Crippen molar-refractivity contribution in [2.75, 3.05) is 0 Å². The van der Waals surface area contributed by atoms with E-state index in [4.69, 9.17) is 0 Å². The Hall–Kier alpha value is 1.28. The molecule has 0 saturated heterocycles. The van der Waals surface area contributed by atoms with Crippen LogP contribution in [0.1, 0.15) is 0 Å². The van der Waals surface area contributed by atoms with Gasteiger partial charge in [0.05, 0.1) is 0 Å². The molecule has 0 heterocycles. The van der Waals surface area contributed by atoms with Gasteiger partial charge in [0.1, 0.15) is 0 Å². The van der Waals surface area contributed by atoms with Gasteiger partial charge in [-0.15, -0.1) is 0 Å². The van der Waals surface area contributed by atoms with Crippen molar-refractivity contribution < 1.29 is 52.8 Å². The molecule has 0 atom stereocenters. The molecule has 0 spiro atoms. The minimum absolute atomic E-state index is 0. The van der Waals surface area contributed by atoms with Gasteiger partial charge in [-0.05, 0) is 0 Å². The number of rotatable bonds is 0. The largest absolute Gasteiger partial charge is 3.00 e. The van der Waals surface area contributed by atoms with Crippen molar-refractivity contribution in [3.05, 3.63) is 0 Å². The summed E-state index contributed by atoms with van der Waals surface area (Å²) < 4.78 is 0. The molecule has 0 aliphatic carbocycles. The zero-order valence-electron chi connectivity index (χ0n) is 1.45. The molecule has 0 N–H and O–H groups in total. The first-order chi connectivity index (χ1) is 0. The van der Waals surface area contributed by atoms with E-state index in [1.165, 1.54) is 0 Å². The molecule has 0 rings (SSSR count). The Kier molecular flexibility index (Phi) is 412. The maximum absolute atomic E-state index is 0. The number of hydrogen-bond acceptors (Lipinski definition) is 0. The monoisotopic (exact) mass is 242 g/mol. The molecule has 0 aliphatic rings. The van der Waals surface area contributed by atoms with Gasteiger partial charge in [-0.25, -0.2) is 0 Å². The average Bonchev–Trinajstić information content (AvgIpc) is 0. The van der Waals surface area contributed by atoms with E-state index in [2.05, 4.69) is 0 Å². The van der Waals surface area contributed by atoms with Crippen molar-refractivity contribution in [3.63, 3.8) is 0 Å². The molecule has 0 fully saturated rings. The van der Waals surface area contributed by atoms with Crippen molar-refractivity contribution >= 4 is 0 Å². The first-order valence-corrected chi connectivity index (χ1v) is 0. The molecule has 0 saturated carbocycles. The molecule has 0 amide bonds. The maximum Gasteiger partial charge on any atom is 3.00 e. The summed E-state index contributed by atoms with van der Waals surface area (Å²) in [7, 11) is 0. The van der Waals surface area contributed by atoms with Crippen molar-refractivity contribution in [1.29, 1.82) is 0 Å². The Labute approximate surface area is 52.8 Å². The van der Waals surface area contributed by atoms with E-state index in [1.54, 1.807) is 0 Å². The summed E-state index contributed by atoms with van der Waals surface area (Å²) in [4.78, 5) is 0. The van der Waals surface area contributed by atoms with Gasteiger partial charge in [-0.2, -0.15) is 0 Å². The fourth-order valence-electron chi connectivity index (χ4n) is 0. The molecule has 0 aliphatic heterocycles. The molecular weight excluding hydrogens is 243 g/mol. The molecule has 0 aromatic rings. The van der Waals surface area contributed by atoms with Crippen LogP contribution in [-0.2, 0) is 52.8 Å². The third kappa shape index (κ3) is 10.4. The molecule has 2 nitrogen and oxygen atoms in total. The molecule has 0 radical (unpaired) electrons. The normalized spacial score (nSPS) is 0. The molecule has 4 heteroatoms. The van der Waals surface area contributed by atoms with Gasteiger partial charge in [-0.3, -0.25) is 0 Å². The second-order valence-corrected chi connectivity index (χ2v) is 0. The summed E-state index contributed by atoms with van der Waals surface area (Å²) in [5.41, 5.74) is 0. The maximum atomic E-state index is 0. The molecular formula is AgO2Rh. The van der Waals surface area contributed by atoms with Crippen LogP contribution in [0.4, 0.5) is 0 Å². The van der Waals surface area contributed by atoms with Gasteiger partial charge in [0.2, 0.25) is 0 Å². The van der Waals surface area contributed by atoms with E-state index in [1.807, 2.05) is 0 Å². The van der Waals surface area contributed by atoms with Crippen molar-refractivity contribution in [1.82, 2.24) is 0 Å². The van der Waals surface area contributed by atoms with Gasteiger partial charge < -0.3 is 11.0 Å². The topological polar surface area (TPSA) is 57.0 Å². The second-order valence-electron chi connectivity index (χ2n) is 0.